The van der Waals surface area contributed by atoms with Crippen molar-refractivity contribution in [3.05, 3.63) is 23.8 Å². The summed E-state index contributed by atoms with van der Waals surface area (Å²) in [5.41, 5.74) is -0.761. The minimum absolute atomic E-state index is 0.0421. The van der Waals surface area contributed by atoms with Gasteiger partial charge in [-0.1, -0.05) is 58.4 Å². The molecule has 0 aliphatic heterocycles. The Hall–Kier alpha value is -0.970. The van der Waals surface area contributed by atoms with Crippen molar-refractivity contribution in [3.63, 3.8) is 0 Å². The van der Waals surface area contributed by atoms with E-state index < -0.39 is 29.5 Å². The van der Waals surface area contributed by atoms with Crippen LogP contribution in [0.4, 0.5) is 0 Å². The number of ketones is 1. The zero-order valence-electron chi connectivity index (χ0n) is 18.1. The molecule has 4 heteroatoms. The number of carbonyl (C=O) groups is 1. The highest BCUT2D eigenvalue weighted by molar-refractivity contribution is 5.89. The zero-order chi connectivity index (χ0) is 20.9. The van der Waals surface area contributed by atoms with E-state index in [4.69, 9.17) is 0 Å². The van der Waals surface area contributed by atoms with Crippen molar-refractivity contribution in [1.82, 2.24) is 0 Å². The van der Waals surface area contributed by atoms with Crippen LogP contribution in [0, 0.1) is 34.5 Å². The average molecular weight is 391 g/mol. The van der Waals surface area contributed by atoms with Gasteiger partial charge >= 0.3 is 0 Å². The second-order valence-corrected chi connectivity index (χ2v) is 9.77. The molecule has 8 atom stereocenters. The van der Waals surface area contributed by atoms with Crippen LogP contribution in [0.2, 0.25) is 0 Å². The van der Waals surface area contributed by atoms with Crippen LogP contribution < -0.4 is 0 Å². The summed E-state index contributed by atoms with van der Waals surface area (Å²) in [6.45, 7) is 9.91. The first-order chi connectivity index (χ1) is 13.2. The fourth-order valence-electron chi connectivity index (χ4n) is 7.56. The lowest BCUT2D eigenvalue weighted by molar-refractivity contribution is -0.183. The second-order valence-electron chi connectivity index (χ2n) is 9.77. The molecular formula is C24H38O4. The molecule has 4 nitrogen and oxygen atoms in total. The molecule has 0 amide bonds. The first-order valence-corrected chi connectivity index (χ1v) is 11.1. The first-order valence-electron chi connectivity index (χ1n) is 11.1. The molecule has 0 aromatic heterocycles. The van der Waals surface area contributed by atoms with E-state index in [2.05, 4.69) is 32.1 Å². The number of hydrogen-bond acceptors (Lipinski definition) is 4. The second kappa shape index (κ2) is 7.37. The molecular weight excluding hydrogens is 352 g/mol. The number of hydrogen-bond donors (Lipinski definition) is 3. The van der Waals surface area contributed by atoms with Crippen molar-refractivity contribution >= 4 is 5.78 Å². The topological polar surface area (TPSA) is 77.8 Å². The highest BCUT2D eigenvalue weighted by Gasteiger charge is 2.68. The van der Waals surface area contributed by atoms with Gasteiger partial charge in [-0.2, -0.15) is 0 Å². The molecule has 28 heavy (non-hydrogen) atoms. The third-order valence-corrected chi connectivity index (χ3v) is 8.72. The van der Waals surface area contributed by atoms with E-state index in [1.165, 1.54) is 5.57 Å². The van der Waals surface area contributed by atoms with Gasteiger partial charge in [0.2, 0.25) is 0 Å². The number of allylic oxidation sites excluding steroid dienone is 4. The Labute approximate surface area is 169 Å². The molecule has 0 heterocycles. The molecule has 0 unspecified atom stereocenters. The van der Waals surface area contributed by atoms with Gasteiger partial charge in [0.15, 0.2) is 5.78 Å². The monoisotopic (exact) mass is 390 g/mol. The summed E-state index contributed by atoms with van der Waals surface area (Å²) < 4.78 is 0. The molecule has 0 spiro atoms. The van der Waals surface area contributed by atoms with Gasteiger partial charge in [-0.25, -0.2) is 0 Å². The Kier molecular flexibility index (Phi) is 5.72. The van der Waals surface area contributed by atoms with Crippen molar-refractivity contribution in [2.24, 2.45) is 34.5 Å². The Morgan fingerprint density at radius 1 is 1.29 bits per heavy atom. The summed E-state index contributed by atoms with van der Waals surface area (Å²) in [5.74, 6) is 0.642. The number of aliphatic hydroxyl groups excluding tert-OH is 2. The lowest BCUT2D eigenvalue weighted by atomic mass is 9.44. The van der Waals surface area contributed by atoms with E-state index in [0.717, 1.165) is 19.3 Å². The Morgan fingerprint density at radius 3 is 2.61 bits per heavy atom. The molecule has 0 bridgehead atoms. The summed E-state index contributed by atoms with van der Waals surface area (Å²) in [6, 6.07) is 0. The number of rotatable bonds is 2. The molecule has 158 valence electrons. The van der Waals surface area contributed by atoms with E-state index in [1.54, 1.807) is 0 Å². The standard InChI is InChI=1S/C22H32O4.C2H6/c1-13-10-14-16-7-9-22(26,18(25)12-23)21(16,3)11-17(24)19(14)20(2)8-5-4-6-15(13)20;1-2/h4-6,13-14,16-17,19,23-24,26H,7-12H2,1-3H3;1-2H3/t13-,14-,16-,17-,19+,20-,21-,22-;/m0./s1. The Bertz CT molecular complexity index is 682. The molecule has 0 aromatic rings. The van der Waals surface area contributed by atoms with Gasteiger partial charge in [0, 0.05) is 5.41 Å². The van der Waals surface area contributed by atoms with Crippen LogP contribution in [-0.2, 0) is 4.79 Å². The molecule has 4 aliphatic rings. The molecule has 3 saturated carbocycles. The zero-order valence-corrected chi connectivity index (χ0v) is 18.1. The highest BCUT2D eigenvalue weighted by atomic mass is 16.3. The van der Waals surface area contributed by atoms with E-state index in [0.29, 0.717) is 24.7 Å². The highest BCUT2D eigenvalue weighted by Crippen LogP contribution is 2.68. The van der Waals surface area contributed by atoms with Crippen molar-refractivity contribution in [3.8, 4) is 0 Å². The van der Waals surface area contributed by atoms with Crippen LogP contribution in [0.15, 0.2) is 23.8 Å². The van der Waals surface area contributed by atoms with Crippen molar-refractivity contribution in [2.75, 3.05) is 6.61 Å². The van der Waals surface area contributed by atoms with Gasteiger partial charge < -0.3 is 15.3 Å². The summed E-state index contributed by atoms with van der Waals surface area (Å²) in [6.07, 6.45) is 9.63. The fraction of sp³-hybridized carbons (Fsp3) is 0.792. The molecule has 4 rings (SSSR count). The van der Waals surface area contributed by atoms with Crippen molar-refractivity contribution in [1.29, 1.82) is 0 Å². The fourth-order valence-corrected chi connectivity index (χ4v) is 7.56. The molecule has 3 fully saturated rings. The van der Waals surface area contributed by atoms with Crippen LogP contribution in [0.1, 0.15) is 66.7 Å². The van der Waals surface area contributed by atoms with E-state index in [-0.39, 0.29) is 17.3 Å². The summed E-state index contributed by atoms with van der Waals surface area (Å²) >= 11 is 0. The number of fused-ring (bicyclic) bond motifs is 5. The summed E-state index contributed by atoms with van der Waals surface area (Å²) in [5, 5.41) is 31.9. The number of Topliss-reactive ketones (excluding diaryl/α,β-unsaturated/α-hetero) is 1. The molecule has 3 N–H and O–H groups in total. The van der Waals surface area contributed by atoms with Gasteiger partial charge in [0.1, 0.15) is 12.2 Å². The summed E-state index contributed by atoms with van der Waals surface area (Å²) in [4.78, 5) is 12.4. The average Bonchev–Trinajstić information content (AvgIpc) is 2.94. The Balaban J connectivity index is 0.00000109. The van der Waals surface area contributed by atoms with Gasteiger partial charge in [0.25, 0.3) is 0 Å². The maximum atomic E-state index is 12.4. The lowest BCUT2D eigenvalue weighted by Crippen LogP contribution is -2.62. The Morgan fingerprint density at radius 2 is 1.96 bits per heavy atom. The minimum atomic E-state index is -1.51. The molecule has 0 saturated heterocycles. The van der Waals surface area contributed by atoms with Crippen LogP contribution >= 0.6 is 0 Å². The van der Waals surface area contributed by atoms with E-state index >= 15 is 0 Å². The number of carbonyl (C=O) groups excluding carboxylic acids is 1. The third kappa shape index (κ3) is 2.71. The smallest absolute Gasteiger partial charge is 0.190 e. The third-order valence-electron chi connectivity index (χ3n) is 8.72. The molecule has 4 aliphatic carbocycles. The van der Waals surface area contributed by atoms with Gasteiger partial charge in [-0.3, -0.25) is 4.79 Å². The van der Waals surface area contributed by atoms with Crippen LogP contribution in [0.25, 0.3) is 0 Å². The lowest BCUT2D eigenvalue weighted by Gasteiger charge is -2.61. The molecule has 0 radical (unpaired) electrons. The normalized spacial score (nSPS) is 49.1. The maximum Gasteiger partial charge on any atom is 0.190 e. The van der Waals surface area contributed by atoms with Crippen LogP contribution in [0.3, 0.4) is 0 Å². The predicted octanol–water partition coefficient (Wildman–Crippen LogP) is 3.65. The minimum Gasteiger partial charge on any atom is -0.393 e. The van der Waals surface area contributed by atoms with Crippen LogP contribution in [0.5, 0.6) is 0 Å². The van der Waals surface area contributed by atoms with E-state index in [1.807, 2.05) is 20.8 Å². The van der Waals surface area contributed by atoms with Crippen molar-refractivity contribution in [2.45, 2.75) is 78.4 Å². The van der Waals surface area contributed by atoms with Crippen molar-refractivity contribution < 1.29 is 20.1 Å². The molecule has 0 aromatic carbocycles. The van der Waals surface area contributed by atoms with Gasteiger partial charge in [-0.15, -0.1) is 0 Å². The maximum absolute atomic E-state index is 12.4. The van der Waals surface area contributed by atoms with Gasteiger partial charge in [0.05, 0.1) is 6.10 Å². The number of aliphatic hydroxyl groups is 3. The largest absolute Gasteiger partial charge is 0.393 e. The van der Waals surface area contributed by atoms with E-state index in [9.17, 15) is 20.1 Å². The quantitative estimate of drug-likeness (QED) is 0.672. The summed E-state index contributed by atoms with van der Waals surface area (Å²) in [7, 11) is 0. The van der Waals surface area contributed by atoms with Crippen LogP contribution in [-0.4, -0.2) is 39.4 Å². The predicted molar refractivity (Wildman–Crippen MR) is 111 cm³/mol. The van der Waals surface area contributed by atoms with Gasteiger partial charge in [-0.05, 0) is 61.2 Å². The first kappa shape index (κ1) is 21.7. The SMILES string of the molecule is CC.C[C@H]1C[C@@H]2[C@H]([C@@H](O)C[C@@]3(C)[C@H]2CC[C@]3(O)C(=O)CO)[C@@]2(C)CC=CC=C12.